The van der Waals surface area contributed by atoms with E-state index in [1.54, 1.807) is 12.3 Å². The summed E-state index contributed by atoms with van der Waals surface area (Å²) in [6.07, 6.45) is 4.07. The first-order valence-electron chi connectivity index (χ1n) is 7.61. The molecule has 0 aromatic carbocycles. The summed E-state index contributed by atoms with van der Waals surface area (Å²) < 4.78 is 5.58. The highest BCUT2D eigenvalue weighted by Gasteiger charge is 2.14. The second-order valence-electron chi connectivity index (χ2n) is 5.34. The van der Waals surface area contributed by atoms with Gasteiger partial charge in [0.15, 0.2) is 0 Å². The summed E-state index contributed by atoms with van der Waals surface area (Å²) in [4.78, 5) is 8.69. The molecule has 0 aliphatic carbocycles. The Labute approximate surface area is 129 Å². The molecule has 0 unspecified atom stereocenters. The predicted molar refractivity (Wildman–Crippen MR) is 84.9 cm³/mol. The molecule has 0 spiro atoms. The average Bonchev–Trinajstić information content (AvgIpc) is 2.56. The lowest BCUT2D eigenvalue weighted by atomic mass is 10.1. The van der Waals surface area contributed by atoms with Gasteiger partial charge in [0.25, 0.3) is 0 Å². The number of nitrogens with zero attached hydrogens (tertiary/aromatic N) is 3. The van der Waals surface area contributed by atoms with Crippen LogP contribution in [0.15, 0.2) is 18.3 Å². The van der Waals surface area contributed by atoms with Gasteiger partial charge < -0.3 is 15.4 Å². The standard InChI is InChI=1S/C16H19N5O/c1-2-22-16-14-7-15(20-12-4-3-5-18-10-12)19-9-11(14)6-13(8-17)21-16/h6-7,9,12,18H,2-5,10H2,1H3,(H,19,20)/t12-/m0/s1. The number of rotatable bonds is 4. The van der Waals surface area contributed by atoms with Gasteiger partial charge in [-0.25, -0.2) is 9.97 Å². The minimum Gasteiger partial charge on any atom is -0.477 e. The number of aromatic nitrogens is 2. The van der Waals surface area contributed by atoms with Crippen molar-refractivity contribution >= 4 is 16.6 Å². The summed E-state index contributed by atoms with van der Waals surface area (Å²) in [5, 5.41) is 17.6. The van der Waals surface area contributed by atoms with E-state index in [9.17, 15) is 0 Å². The van der Waals surface area contributed by atoms with Crippen LogP contribution in [-0.2, 0) is 0 Å². The van der Waals surface area contributed by atoms with Gasteiger partial charge in [0, 0.05) is 29.6 Å². The number of ether oxygens (including phenoxy) is 1. The molecule has 0 radical (unpaired) electrons. The molecule has 0 bridgehead atoms. The zero-order valence-corrected chi connectivity index (χ0v) is 12.6. The van der Waals surface area contributed by atoms with Crippen LogP contribution in [0.4, 0.5) is 5.82 Å². The maximum absolute atomic E-state index is 9.05. The number of hydrogen-bond donors (Lipinski definition) is 2. The Bertz CT molecular complexity index is 703. The molecule has 114 valence electrons. The van der Waals surface area contributed by atoms with Crippen LogP contribution in [0, 0.1) is 11.3 Å². The Kier molecular flexibility index (Phi) is 4.35. The number of piperidine rings is 1. The summed E-state index contributed by atoms with van der Waals surface area (Å²) in [6.45, 7) is 4.44. The van der Waals surface area contributed by atoms with E-state index in [0.29, 0.717) is 24.2 Å². The molecule has 6 nitrogen and oxygen atoms in total. The maximum atomic E-state index is 9.05. The summed E-state index contributed by atoms with van der Waals surface area (Å²) >= 11 is 0. The highest BCUT2D eigenvalue weighted by molar-refractivity contribution is 5.89. The van der Waals surface area contributed by atoms with Crippen molar-refractivity contribution in [3.05, 3.63) is 24.0 Å². The van der Waals surface area contributed by atoms with Crippen molar-refractivity contribution in [2.24, 2.45) is 0 Å². The molecular formula is C16H19N5O. The Morgan fingerprint density at radius 3 is 3.14 bits per heavy atom. The van der Waals surface area contributed by atoms with E-state index >= 15 is 0 Å². The van der Waals surface area contributed by atoms with Crippen LogP contribution < -0.4 is 15.4 Å². The minimum atomic E-state index is 0.343. The monoisotopic (exact) mass is 297 g/mol. The minimum absolute atomic E-state index is 0.343. The van der Waals surface area contributed by atoms with Crippen LogP contribution >= 0.6 is 0 Å². The first kappa shape index (κ1) is 14.5. The van der Waals surface area contributed by atoms with E-state index in [4.69, 9.17) is 10.00 Å². The molecule has 0 amide bonds. The smallest absolute Gasteiger partial charge is 0.222 e. The molecule has 22 heavy (non-hydrogen) atoms. The topological polar surface area (TPSA) is 82.9 Å². The van der Waals surface area contributed by atoms with Crippen LogP contribution in [0.25, 0.3) is 10.8 Å². The molecule has 2 aromatic heterocycles. The molecule has 1 aliphatic heterocycles. The van der Waals surface area contributed by atoms with Gasteiger partial charge in [-0.15, -0.1) is 0 Å². The second kappa shape index (κ2) is 6.58. The lowest BCUT2D eigenvalue weighted by molar-refractivity contribution is 0.331. The fourth-order valence-electron chi connectivity index (χ4n) is 2.68. The van der Waals surface area contributed by atoms with Crippen LogP contribution in [0.3, 0.4) is 0 Å². The van der Waals surface area contributed by atoms with Crippen molar-refractivity contribution in [1.29, 1.82) is 5.26 Å². The largest absolute Gasteiger partial charge is 0.477 e. The summed E-state index contributed by atoms with van der Waals surface area (Å²) in [5.41, 5.74) is 0.343. The number of fused-ring (bicyclic) bond motifs is 1. The highest BCUT2D eigenvalue weighted by atomic mass is 16.5. The first-order valence-corrected chi connectivity index (χ1v) is 7.61. The normalized spacial score (nSPS) is 17.9. The maximum Gasteiger partial charge on any atom is 0.222 e. The number of nitriles is 1. The number of hydrogen-bond acceptors (Lipinski definition) is 6. The quantitative estimate of drug-likeness (QED) is 0.899. The fourth-order valence-corrected chi connectivity index (χ4v) is 2.68. The lowest BCUT2D eigenvalue weighted by Gasteiger charge is -2.24. The predicted octanol–water partition coefficient (Wildman–Crippen LogP) is 2.06. The van der Waals surface area contributed by atoms with Crippen LogP contribution in [-0.4, -0.2) is 35.7 Å². The third kappa shape index (κ3) is 3.10. The van der Waals surface area contributed by atoms with E-state index in [1.807, 2.05) is 13.0 Å². The van der Waals surface area contributed by atoms with E-state index in [1.165, 1.54) is 6.42 Å². The van der Waals surface area contributed by atoms with Gasteiger partial charge in [0.2, 0.25) is 5.88 Å². The van der Waals surface area contributed by atoms with E-state index in [0.717, 1.165) is 36.1 Å². The van der Waals surface area contributed by atoms with Crippen molar-refractivity contribution in [2.75, 3.05) is 25.0 Å². The Hall–Kier alpha value is -2.39. The molecule has 1 fully saturated rings. The zero-order valence-electron chi connectivity index (χ0n) is 12.6. The van der Waals surface area contributed by atoms with E-state index in [2.05, 4.69) is 26.7 Å². The van der Waals surface area contributed by atoms with Gasteiger partial charge in [-0.05, 0) is 38.4 Å². The van der Waals surface area contributed by atoms with Crippen LogP contribution in [0.5, 0.6) is 5.88 Å². The third-order valence-corrected chi connectivity index (χ3v) is 3.72. The molecule has 3 rings (SSSR count). The van der Waals surface area contributed by atoms with Gasteiger partial charge in [0.1, 0.15) is 17.6 Å². The zero-order chi connectivity index (χ0) is 15.4. The molecule has 1 aliphatic rings. The summed E-state index contributed by atoms with van der Waals surface area (Å²) in [7, 11) is 0. The average molecular weight is 297 g/mol. The van der Waals surface area contributed by atoms with Gasteiger partial charge in [-0.1, -0.05) is 0 Å². The number of pyridine rings is 2. The number of anilines is 1. The molecular weight excluding hydrogens is 278 g/mol. The Balaban J connectivity index is 1.93. The van der Waals surface area contributed by atoms with Gasteiger partial charge in [-0.2, -0.15) is 5.26 Å². The SMILES string of the molecule is CCOc1nc(C#N)cc2cnc(N[C@H]3CCCNC3)cc12. The van der Waals surface area contributed by atoms with Crippen molar-refractivity contribution in [3.63, 3.8) is 0 Å². The van der Waals surface area contributed by atoms with E-state index in [-0.39, 0.29) is 0 Å². The molecule has 0 saturated carbocycles. The van der Waals surface area contributed by atoms with Crippen molar-refractivity contribution in [2.45, 2.75) is 25.8 Å². The third-order valence-electron chi connectivity index (χ3n) is 3.72. The Morgan fingerprint density at radius 2 is 2.41 bits per heavy atom. The van der Waals surface area contributed by atoms with Crippen LogP contribution in [0.2, 0.25) is 0 Å². The van der Waals surface area contributed by atoms with Gasteiger partial charge in [0.05, 0.1) is 6.61 Å². The number of nitrogens with one attached hydrogen (secondary N) is 2. The molecule has 1 atom stereocenters. The molecule has 1 saturated heterocycles. The van der Waals surface area contributed by atoms with Crippen molar-refractivity contribution < 1.29 is 4.74 Å². The molecule has 2 aromatic rings. The summed E-state index contributed by atoms with van der Waals surface area (Å²) in [5.74, 6) is 1.30. The van der Waals surface area contributed by atoms with Crippen LogP contribution in [0.1, 0.15) is 25.5 Å². The molecule has 6 heteroatoms. The summed E-state index contributed by atoms with van der Waals surface area (Å²) in [6, 6.07) is 6.13. The highest BCUT2D eigenvalue weighted by Crippen LogP contribution is 2.26. The second-order valence-corrected chi connectivity index (χ2v) is 5.34. The van der Waals surface area contributed by atoms with E-state index < -0.39 is 0 Å². The molecule has 3 heterocycles. The van der Waals surface area contributed by atoms with Gasteiger partial charge >= 0.3 is 0 Å². The lowest BCUT2D eigenvalue weighted by Crippen LogP contribution is -2.38. The Morgan fingerprint density at radius 1 is 1.50 bits per heavy atom. The molecule has 2 N–H and O–H groups in total. The van der Waals surface area contributed by atoms with Crippen molar-refractivity contribution in [1.82, 2.24) is 15.3 Å². The fraction of sp³-hybridized carbons (Fsp3) is 0.438. The van der Waals surface area contributed by atoms with Gasteiger partial charge in [-0.3, -0.25) is 0 Å². The van der Waals surface area contributed by atoms with Crippen molar-refractivity contribution in [3.8, 4) is 11.9 Å². The first-order chi connectivity index (χ1) is 10.8.